The molecule has 0 spiro atoms. The maximum atomic E-state index is 12.7. The normalized spacial score (nSPS) is 30.7. The summed E-state index contributed by atoms with van der Waals surface area (Å²) in [5.74, 6) is 1.28. The fourth-order valence-corrected chi connectivity index (χ4v) is 3.41. The molecule has 1 saturated heterocycles. The lowest BCUT2D eigenvalue weighted by molar-refractivity contribution is -0.162. The van der Waals surface area contributed by atoms with Crippen molar-refractivity contribution in [3.8, 4) is 0 Å². The summed E-state index contributed by atoms with van der Waals surface area (Å²) in [5.41, 5.74) is 1.91. The first-order chi connectivity index (χ1) is 11.2. The first kappa shape index (κ1) is 14.7. The van der Waals surface area contributed by atoms with Crippen LogP contribution in [0.4, 0.5) is 0 Å². The van der Waals surface area contributed by atoms with Crippen LogP contribution in [0.2, 0.25) is 0 Å². The molecule has 23 heavy (non-hydrogen) atoms. The predicted octanol–water partition coefficient (Wildman–Crippen LogP) is 2.08. The van der Waals surface area contributed by atoms with Crippen molar-refractivity contribution in [1.82, 2.24) is 4.90 Å². The highest BCUT2D eigenvalue weighted by atomic mass is 16.5. The second kappa shape index (κ2) is 5.95. The van der Waals surface area contributed by atoms with Crippen LogP contribution in [0.5, 0.6) is 0 Å². The molecule has 1 N–H and O–H groups in total. The molecule has 0 bridgehead atoms. The quantitative estimate of drug-likeness (QED) is 0.926. The molecule has 1 aromatic carbocycles. The zero-order valence-corrected chi connectivity index (χ0v) is 13.0. The first-order valence-electron chi connectivity index (χ1n) is 8.24. The van der Waals surface area contributed by atoms with Crippen LogP contribution in [0, 0.1) is 11.8 Å². The maximum Gasteiger partial charge on any atom is 0.255 e. The third kappa shape index (κ3) is 2.96. The van der Waals surface area contributed by atoms with Gasteiger partial charge in [0, 0.05) is 13.1 Å². The molecule has 1 heterocycles. The number of hydrogen-bond acceptors (Lipinski definition) is 3. The third-order valence-corrected chi connectivity index (χ3v) is 4.89. The van der Waals surface area contributed by atoms with E-state index in [1.807, 2.05) is 30.3 Å². The van der Waals surface area contributed by atoms with Gasteiger partial charge in [0.25, 0.3) is 5.91 Å². The van der Waals surface area contributed by atoms with Gasteiger partial charge in [0.1, 0.15) is 6.10 Å². The standard InChI is InChI=1S/C19H21NO3/c21-17(14-4-2-1-3-5-14)18-19(22)20(8-9-23-18)12-13-6-7-15-11-16(15)10-13/h1-7,10,15-18,21H,8-9,11-12H2/t15?,16?,17-,18-/m0/s1. The summed E-state index contributed by atoms with van der Waals surface area (Å²) < 4.78 is 5.58. The molecule has 0 aromatic heterocycles. The predicted molar refractivity (Wildman–Crippen MR) is 86.5 cm³/mol. The summed E-state index contributed by atoms with van der Waals surface area (Å²) in [6.07, 6.45) is 6.19. The Morgan fingerprint density at radius 3 is 2.87 bits per heavy atom. The highest BCUT2D eigenvalue weighted by Crippen LogP contribution is 2.44. The van der Waals surface area contributed by atoms with Crippen molar-refractivity contribution >= 4 is 5.91 Å². The van der Waals surface area contributed by atoms with Crippen LogP contribution in [0.3, 0.4) is 0 Å². The number of hydrogen-bond donors (Lipinski definition) is 1. The lowest BCUT2D eigenvalue weighted by atomic mass is 10.0. The van der Waals surface area contributed by atoms with Crippen LogP contribution in [-0.4, -0.2) is 41.7 Å². The molecule has 1 aromatic rings. The summed E-state index contributed by atoms with van der Waals surface area (Å²) in [7, 11) is 0. The van der Waals surface area contributed by atoms with E-state index >= 15 is 0 Å². The Labute approximate surface area is 136 Å². The molecule has 2 unspecified atom stereocenters. The Balaban J connectivity index is 1.46. The van der Waals surface area contributed by atoms with Gasteiger partial charge in [0.05, 0.1) is 6.61 Å². The number of carbonyl (C=O) groups excluding carboxylic acids is 1. The van der Waals surface area contributed by atoms with E-state index in [1.165, 1.54) is 12.0 Å². The zero-order valence-electron chi connectivity index (χ0n) is 13.0. The summed E-state index contributed by atoms with van der Waals surface area (Å²) in [5, 5.41) is 10.5. The molecule has 4 atom stereocenters. The van der Waals surface area contributed by atoms with Gasteiger partial charge in [-0.25, -0.2) is 0 Å². The maximum absolute atomic E-state index is 12.7. The van der Waals surface area contributed by atoms with E-state index in [4.69, 9.17) is 4.74 Å². The number of aliphatic hydroxyl groups excluding tert-OH is 1. The van der Waals surface area contributed by atoms with E-state index < -0.39 is 12.2 Å². The number of aliphatic hydroxyl groups is 1. The number of morpholine rings is 1. The van der Waals surface area contributed by atoms with Crippen LogP contribution in [0.25, 0.3) is 0 Å². The van der Waals surface area contributed by atoms with Gasteiger partial charge in [0.2, 0.25) is 0 Å². The topological polar surface area (TPSA) is 49.8 Å². The Kier molecular flexibility index (Phi) is 3.79. The largest absolute Gasteiger partial charge is 0.385 e. The minimum absolute atomic E-state index is 0.125. The van der Waals surface area contributed by atoms with E-state index in [2.05, 4.69) is 18.2 Å². The van der Waals surface area contributed by atoms with Crippen molar-refractivity contribution in [2.45, 2.75) is 18.6 Å². The smallest absolute Gasteiger partial charge is 0.255 e. The number of allylic oxidation sites excluding steroid dienone is 2. The van der Waals surface area contributed by atoms with Crippen LogP contribution in [0.15, 0.2) is 54.1 Å². The Morgan fingerprint density at radius 1 is 1.26 bits per heavy atom. The van der Waals surface area contributed by atoms with Gasteiger partial charge in [-0.2, -0.15) is 0 Å². The fraction of sp³-hybridized carbons (Fsp3) is 0.421. The first-order valence-corrected chi connectivity index (χ1v) is 8.24. The third-order valence-electron chi connectivity index (χ3n) is 4.89. The molecule has 2 aliphatic carbocycles. The molecule has 3 aliphatic rings. The molecule has 4 nitrogen and oxygen atoms in total. The van der Waals surface area contributed by atoms with E-state index in [-0.39, 0.29) is 5.91 Å². The second-order valence-electron chi connectivity index (χ2n) is 6.57. The number of carbonyl (C=O) groups is 1. The van der Waals surface area contributed by atoms with Crippen molar-refractivity contribution in [1.29, 1.82) is 0 Å². The lowest BCUT2D eigenvalue weighted by Gasteiger charge is -2.35. The van der Waals surface area contributed by atoms with Gasteiger partial charge in [-0.1, -0.05) is 48.6 Å². The number of nitrogens with zero attached hydrogens (tertiary/aromatic N) is 1. The number of amides is 1. The molecular formula is C19H21NO3. The molecule has 0 radical (unpaired) electrons. The number of benzene rings is 1. The average Bonchev–Trinajstić information content (AvgIpc) is 3.36. The van der Waals surface area contributed by atoms with Crippen LogP contribution in [0.1, 0.15) is 18.1 Å². The summed E-state index contributed by atoms with van der Waals surface area (Å²) in [6.45, 7) is 1.65. The van der Waals surface area contributed by atoms with Crippen molar-refractivity contribution in [3.05, 3.63) is 59.7 Å². The summed E-state index contributed by atoms with van der Waals surface area (Å²) >= 11 is 0. The monoisotopic (exact) mass is 311 g/mol. The van der Waals surface area contributed by atoms with Crippen molar-refractivity contribution in [2.24, 2.45) is 11.8 Å². The number of fused-ring (bicyclic) bond motifs is 1. The number of ether oxygens (including phenoxy) is 1. The highest BCUT2D eigenvalue weighted by Gasteiger charge is 2.38. The average molecular weight is 311 g/mol. The van der Waals surface area contributed by atoms with Crippen LogP contribution >= 0.6 is 0 Å². The van der Waals surface area contributed by atoms with Crippen molar-refractivity contribution < 1.29 is 14.6 Å². The Bertz CT molecular complexity index is 652. The lowest BCUT2D eigenvalue weighted by Crippen LogP contribution is -2.50. The minimum Gasteiger partial charge on any atom is -0.385 e. The molecule has 2 fully saturated rings. The summed E-state index contributed by atoms with van der Waals surface area (Å²) in [4.78, 5) is 14.5. The zero-order chi connectivity index (χ0) is 15.8. The molecule has 1 aliphatic heterocycles. The molecule has 1 amide bonds. The highest BCUT2D eigenvalue weighted by molar-refractivity contribution is 5.82. The molecule has 4 rings (SSSR count). The number of rotatable bonds is 4. The van der Waals surface area contributed by atoms with Gasteiger partial charge >= 0.3 is 0 Å². The molecular weight excluding hydrogens is 290 g/mol. The molecule has 4 heteroatoms. The molecule has 120 valence electrons. The van der Waals surface area contributed by atoms with Gasteiger partial charge < -0.3 is 14.7 Å². The van der Waals surface area contributed by atoms with E-state index in [9.17, 15) is 9.90 Å². The van der Waals surface area contributed by atoms with Crippen molar-refractivity contribution in [2.75, 3.05) is 19.7 Å². The molecule has 1 saturated carbocycles. The van der Waals surface area contributed by atoms with Crippen molar-refractivity contribution in [3.63, 3.8) is 0 Å². The Morgan fingerprint density at radius 2 is 2.09 bits per heavy atom. The fourth-order valence-electron chi connectivity index (χ4n) is 3.41. The SMILES string of the molecule is O=C1[C@H]([C@@H](O)c2ccccc2)OCCN1CC1=CC2CC2C=C1. The Hall–Kier alpha value is -1.91. The van der Waals surface area contributed by atoms with Gasteiger partial charge in [-0.3, -0.25) is 4.79 Å². The summed E-state index contributed by atoms with van der Waals surface area (Å²) in [6, 6.07) is 9.24. The van der Waals surface area contributed by atoms with E-state index in [0.717, 1.165) is 5.92 Å². The van der Waals surface area contributed by atoms with Crippen LogP contribution in [-0.2, 0) is 9.53 Å². The van der Waals surface area contributed by atoms with E-state index in [1.54, 1.807) is 4.90 Å². The minimum atomic E-state index is -0.921. The van der Waals surface area contributed by atoms with Gasteiger partial charge in [0.15, 0.2) is 6.10 Å². The second-order valence-corrected chi connectivity index (χ2v) is 6.57. The van der Waals surface area contributed by atoms with Gasteiger partial charge in [-0.05, 0) is 29.4 Å². The van der Waals surface area contributed by atoms with Crippen LogP contribution < -0.4 is 0 Å². The van der Waals surface area contributed by atoms with E-state index in [0.29, 0.717) is 31.2 Å². The van der Waals surface area contributed by atoms with Gasteiger partial charge in [-0.15, -0.1) is 0 Å².